The molecule has 10 heteroatoms. The van der Waals surface area contributed by atoms with Crippen LogP contribution in [0.2, 0.25) is 0 Å². The molecule has 2 heterocycles. The van der Waals surface area contributed by atoms with Crippen LogP contribution >= 0.6 is 0 Å². The molecule has 3 rings (SSSR count). The van der Waals surface area contributed by atoms with Gasteiger partial charge in [0.05, 0.1) is 26.4 Å². The molecule has 0 radical (unpaired) electrons. The van der Waals surface area contributed by atoms with Crippen LogP contribution in [-0.4, -0.2) is 71.1 Å². The minimum absolute atomic E-state index is 0.114. The number of esters is 1. The van der Waals surface area contributed by atoms with Crippen LogP contribution in [0.3, 0.4) is 0 Å². The van der Waals surface area contributed by atoms with Crippen LogP contribution in [0.4, 0.5) is 13.6 Å². The van der Waals surface area contributed by atoms with Crippen LogP contribution in [0, 0.1) is 6.92 Å². The molecular formula is C28H36F2N3O5+. The first-order chi connectivity index (χ1) is 17.7. The Morgan fingerprint density at radius 1 is 1.16 bits per heavy atom. The van der Waals surface area contributed by atoms with Crippen LogP contribution in [-0.2, 0) is 15.4 Å². The van der Waals surface area contributed by atoms with Crippen molar-refractivity contribution >= 4 is 17.8 Å². The number of carbonyl (C=O) groups is 2. The van der Waals surface area contributed by atoms with Gasteiger partial charge in [-0.2, -0.15) is 4.79 Å². The number of hydrogen-bond acceptors (Lipinski definition) is 7. The lowest BCUT2D eigenvalue weighted by Gasteiger charge is -2.30. The van der Waals surface area contributed by atoms with Crippen LogP contribution in [0.25, 0.3) is 0 Å². The molecule has 8 nitrogen and oxygen atoms in total. The summed E-state index contributed by atoms with van der Waals surface area (Å²) in [7, 11) is 1.28. The summed E-state index contributed by atoms with van der Waals surface area (Å²) in [6, 6.07) is 7.83. The van der Waals surface area contributed by atoms with Gasteiger partial charge in [0.15, 0.2) is 18.0 Å². The zero-order valence-electron chi connectivity index (χ0n) is 23.0. The fraction of sp³-hybridized carbons (Fsp3) is 0.500. The molecule has 0 saturated heterocycles. The van der Waals surface area contributed by atoms with Gasteiger partial charge in [0, 0.05) is 26.0 Å². The number of carbonyl (C=O) groups excluding carboxylic acids is 2. The Morgan fingerprint density at radius 3 is 2.45 bits per heavy atom. The lowest BCUT2D eigenvalue weighted by atomic mass is 10.0. The van der Waals surface area contributed by atoms with Crippen LogP contribution < -0.4 is 4.74 Å². The average Bonchev–Trinajstić information content (AvgIpc) is 2.81. The van der Waals surface area contributed by atoms with Crippen molar-refractivity contribution in [2.24, 2.45) is 0 Å². The average molecular weight is 533 g/mol. The highest BCUT2D eigenvalue weighted by Crippen LogP contribution is 2.31. The Balaban J connectivity index is 1.88. The zero-order valence-corrected chi connectivity index (χ0v) is 23.0. The molecule has 0 fully saturated rings. The lowest BCUT2D eigenvalue weighted by molar-refractivity contribution is -0.458. The molecule has 0 saturated carbocycles. The van der Waals surface area contributed by atoms with E-state index in [0.29, 0.717) is 43.1 Å². The first-order valence-electron chi connectivity index (χ1n) is 12.4. The quantitative estimate of drug-likeness (QED) is 0.361. The molecule has 1 atom stereocenters. The van der Waals surface area contributed by atoms with E-state index in [9.17, 15) is 18.4 Å². The summed E-state index contributed by atoms with van der Waals surface area (Å²) in [5, 5.41) is 0. The van der Waals surface area contributed by atoms with Crippen molar-refractivity contribution in [3.8, 4) is 5.75 Å². The summed E-state index contributed by atoms with van der Waals surface area (Å²) >= 11 is 0. The Hall–Kier alpha value is -3.40. The summed E-state index contributed by atoms with van der Waals surface area (Å²) < 4.78 is 46.4. The minimum Gasteiger partial charge on any atom is -0.483 e. The number of halogens is 2. The van der Waals surface area contributed by atoms with E-state index in [1.807, 2.05) is 27.7 Å². The fourth-order valence-electron chi connectivity index (χ4n) is 4.19. The van der Waals surface area contributed by atoms with Crippen molar-refractivity contribution in [1.29, 1.82) is 0 Å². The van der Waals surface area contributed by atoms with E-state index in [2.05, 4.69) is 9.88 Å². The first kappa shape index (κ1) is 29.2. The smallest absolute Gasteiger partial charge is 0.483 e. The van der Waals surface area contributed by atoms with E-state index >= 15 is 0 Å². The summed E-state index contributed by atoms with van der Waals surface area (Å²) in [5.74, 6) is -3.18. The zero-order chi connectivity index (χ0) is 28.3. The van der Waals surface area contributed by atoms with Crippen molar-refractivity contribution in [2.45, 2.75) is 59.2 Å². The Kier molecular flexibility index (Phi) is 8.86. The molecular weight excluding hydrogens is 496 g/mol. The fourth-order valence-corrected chi connectivity index (χ4v) is 4.19. The number of methoxy groups -OCH3 is 1. The summed E-state index contributed by atoms with van der Waals surface area (Å²) in [6.45, 7) is 11.7. The molecule has 1 amide bonds. The van der Waals surface area contributed by atoms with E-state index in [1.165, 1.54) is 25.4 Å². The van der Waals surface area contributed by atoms with Crippen molar-refractivity contribution in [3.63, 3.8) is 0 Å². The van der Waals surface area contributed by atoms with Crippen molar-refractivity contribution in [3.05, 3.63) is 58.9 Å². The van der Waals surface area contributed by atoms with Gasteiger partial charge in [-0.05, 0) is 51.0 Å². The van der Waals surface area contributed by atoms with Gasteiger partial charge in [-0.25, -0.2) is 18.6 Å². The number of rotatable bonds is 7. The molecule has 0 bridgehead atoms. The Morgan fingerprint density at radius 2 is 1.87 bits per heavy atom. The molecule has 0 spiro atoms. The summed E-state index contributed by atoms with van der Waals surface area (Å²) in [5.41, 5.74) is 1.42. The number of amides is 1. The summed E-state index contributed by atoms with van der Waals surface area (Å²) in [6.07, 6.45) is 0.401. The molecule has 38 heavy (non-hydrogen) atoms. The number of hydrogen-bond donors (Lipinski definition) is 0. The molecule has 1 aromatic carbocycles. The molecule has 0 N–H and O–H groups in total. The van der Waals surface area contributed by atoms with Gasteiger partial charge in [0.1, 0.15) is 17.5 Å². The van der Waals surface area contributed by atoms with E-state index in [-0.39, 0.29) is 11.3 Å². The second kappa shape index (κ2) is 11.6. The van der Waals surface area contributed by atoms with Gasteiger partial charge >= 0.3 is 12.1 Å². The maximum absolute atomic E-state index is 14.1. The maximum Gasteiger partial charge on any atom is 0.596 e. The first-order valence-corrected chi connectivity index (χ1v) is 12.4. The number of nitrogens with zero attached hydrogens (tertiary/aromatic N) is 3. The van der Waals surface area contributed by atoms with Gasteiger partial charge in [-0.3, -0.25) is 4.90 Å². The van der Waals surface area contributed by atoms with E-state index in [0.717, 1.165) is 12.6 Å². The molecule has 1 aromatic heterocycles. The molecule has 0 aliphatic carbocycles. The number of pyridine rings is 1. The number of aromatic nitrogens is 1. The van der Waals surface area contributed by atoms with Crippen molar-refractivity contribution in [1.82, 2.24) is 9.88 Å². The predicted octanol–water partition coefficient (Wildman–Crippen LogP) is 5.13. The SMILES string of the molecule is COC(=O)c1ncc(OC(CN2CC[N+](C(=O)OC(C)(C)C)=C(C)C2)c2cccc(C(C)(F)F)c2)cc1C. The highest BCUT2D eigenvalue weighted by atomic mass is 19.3. The summed E-state index contributed by atoms with van der Waals surface area (Å²) in [4.78, 5) is 30.8. The number of ether oxygens (including phenoxy) is 3. The third kappa shape index (κ3) is 7.56. The van der Waals surface area contributed by atoms with Gasteiger partial charge in [-0.15, -0.1) is 4.58 Å². The molecule has 1 aliphatic heterocycles. The van der Waals surface area contributed by atoms with E-state index in [4.69, 9.17) is 14.2 Å². The largest absolute Gasteiger partial charge is 0.596 e. The topological polar surface area (TPSA) is 81.0 Å². The van der Waals surface area contributed by atoms with Gasteiger partial charge in [0.2, 0.25) is 0 Å². The highest BCUT2D eigenvalue weighted by Gasteiger charge is 2.34. The molecule has 1 unspecified atom stereocenters. The maximum atomic E-state index is 14.1. The number of benzene rings is 1. The second-order valence-electron chi connectivity index (χ2n) is 10.6. The van der Waals surface area contributed by atoms with Crippen molar-refractivity contribution < 1.29 is 37.2 Å². The normalized spacial score (nSPS) is 15.7. The second-order valence-corrected chi connectivity index (χ2v) is 10.6. The third-order valence-electron chi connectivity index (χ3n) is 6.07. The van der Waals surface area contributed by atoms with Gasteiger partial charge in [-0.1, -0.05) is 18.2 Å². The Labute approximate surface area is 222 Å². The van der Waals surface area contributed by atoms with Crippen LogP contribution in [0.15, 0.2) is 36.5 Å². The predicted molar refractivity (Wildman–Crippen MR) is 138 cm³/mol. The third-order valence-corrected chi connectivity index (χ3v) is 6.07. The van der Waals surface area contributed by atoms with Gasteiger partial charge < -0.3 is 14.2 Å². The molecule has 2 aromatic rings. The van der Waals surface area contributed by atoms with E-state index in [1.54, 1.807) is 29.7 Å². The Bertz CT molecular complexity index is 1220. The highest BCUT2D eigenvalue weighted by molar-refractivity contribution is 5.88. The number of alkyl halides is 2. The molecule has 206 valence electrons. The molecule has 1 aliphatic rings. The monoisotopic (exact) mass is 532 g/mol. The van der Waals surface area contributed by atoms with Gasteiger partial charge in [0.25, 0.3) is 5.92 Å². The number of aryl methyl sites for hydroxylation is 1. The van der Waals surface area contributed by atoms with Crippen LogP contribution in [0.1, 0.15) is 67.9 Å². The minimum atomic E-state index is -3.01. The lowest BCUT2D eigenvalue weighted by Crippen LogP contribution is -2.48. The van der Waals surface area contributed by atoms with Crippen molar-refractivity contribution in [2.75, 3.05) is 33.3 Å². The van der Waals surface area contributed by atoms with E-state index < -0.39 is 29.7 Å². The van der Waals surface area contributed by atoms with Crippen LogP contribution in [0.5, 0.6) is 5.75 Å². The standard InChI is InChI=1S/C28H36F2N3O5/c1-18-13-22(15-31-24(18)25(34)36-7)37-23(20-9-8-10-21(14-20)28(6,29)30)17-32-11-12-33(19(2)16-32)26(35)38-27(3,4)5/h8-10,13-15,23H,11-12,16-17H2,1-7H3/q+1.